The van der Waals surface area contributed by atoms with Crippen molar-refractivity contribution in [2.24, 2.45) is 5.92 Å². The van der Waals surface area contributed by atoms with Crippen molar-refractivity contribution in [1.29, 1.82) is 0 Å². The third kappa shape index (κ3) is 2.48. The third-order valence-electron chi connectivity index (χ3n) is 3.82. The molecule has 0 radical (unpaired) electrons. The van der Waals surface area contributed by atoms with Gasteiger partial charge in [-0.2, -0.15) is 4.98 Å². The van der Waals surface area contributed by atoms with Crippen molar-refractivity contribution in [2.75, 3.05) is 26.2 Å². The van der Waals surface area contributed by atoms with Crippen molar-refractivity contribution in [3.05, 3.63) is 11.7 Å². The van der Waals surface area contributed by atoms with Gasteiger partial charge in [-0.1, -0.05) is 5.16 Å². The fourth-order valence-corrected chi connectivity index (χ4v) is 2.67. The van der Waals surface area contributed by atoms with Gasteiger partial charge in [0.25, 0.3) is 11.7 Å². The molecule has 2 aliphatic heterocycles. The van der Waals surface area contributed by atoms with E-state index in [1.165, 1.54) is 0 Å². The zero-order valence-electron chi connectivity index (χ0n) is 10.7. The molecule has 2 aliphatic rings. The van der Waals surface area contributed by atoms with Gasteiger partial charge in [-0.15, -0.1) is 0 Å². The second-order valence-corrected chi connectivity index (χ2v) is 5.19. The molecule has 1 aromatic rings. The lowest BCUT2D eigenvalue weighted by Gasteiger charge is -2.13. The molecule has 7 nitrogen and oxygen atoms in total. The van der Waals surface area contributed by atoms with E-state index in [0.29, 0.717) is 19.0 Å². The Hall–Kier alpha value is -1.47. The highest BCUT2D eigenvalue weighted by Crippen LogP contribution is 2.22. The highest BCUT2D eigenvalue weighted by atomic mass is 16.5. The van der Waals surface area contributed by atoms with Crippen LogP contribution < -0.4 is 5.32 Å². The zero-order valence-corrected chi connectivity index (χ0v) is 10.7. The molecule has 7 heteroatoms. The second-order valence-electron chi connectivity index (χ2n) is 5.19. The molecule has 2 unspecified atom stereocenters. The first-order valence-corrected chi connectivity index (χ1v) is 6.75. The lowest BCUT2D eigenvalue weighted by Crippen LogP contribution is -2.30. The molecule has 1 aromatic heterocycles. The van der Waals surface area contributed by atoms with Crippen LogP contribution in [0.1, 0.15) is 41.8 Å². The Morgan fingerprint density at radius 1 is 1.53 bits per heavy atom. The first-order chi connectivity index (χ1) is 9.28. The van der Waals surface area contributed by atoms with Crippen molar-refractivity contribution >= 4 is 5.91 Å². The average Bonchev–Trinajstić information content (AvgIpc) is 3.16. The number of carbonyl (C=O) groups is 1. The minimum absolute atomic E-state index is 0.0813. The molecule has 104 valence electrons. The van der Waals surface area contributed by atoms with Crippen molar-refractivity contribution in [3.63, 3.8) is 0 Å². The van der Waals surface area contributed by atoms with Crippen LogP contribution in [-0.2, 0) is 0 Å². The molecule has 1 amide bonds. The summed E-state index contributed by atoms with van der Waals surface area (Å²) in [5, 5.41) is 16.1. The molecule has 2 fully saturated rings. The van der Waals surface area contributed by atoms with E-state index in [2.05, 4.69) is 15.5 Å². The van der Waals surface area contributed by atoms with Crippen LogP contribution in [0.5, 0.6) is 0 Å². The van der Waals surface area contributed by atoms with E-state index >= 15 is 0 Å². The number of likely N-dealkylation sites (tertiary alicyclic amines) is 1. The maximum atomic E-state index is 12.2. The number of aliphatic hydroxyl groups is 1. The summed E-state index contributed by atoms with van der Waals surface area (Å²) in [4.78, 5) is 18.0. The Morgan fingerprint density at radius 2 is 2.42 bits per heavy atom. The van der Waals surface area contributed by atoms with Crippen LogP contribution in [0.25, 0.3) is 0 Å². The number of carbonyl (C=O) groups excluding carboxylic acids is 1. The standard InChI is InChI=1S/C12H18N4O3/c17-7-8-3-5-16(6-8)12(18)10-14-11(19-15-10)9-2-1-4-13-9/h8-9,13,17H,1-7H2. The predicted molar refractivity (Wildman–Crippen MR) is 65.4 cm³/mol. The molecule has 3 heterocycles. The monoisotopic (exact) mass is 266 g/mol. The van der Waals surface area contributed by atoms with Crippen LogP contribution in [0, 0.1) is 5.92 Å². The van der Waals surface area contributed by atoms with Gasteiger partial charge < -0.3 is 19.8 Å². The Balaban J connectivity index is 1.67. The van der Waals surface area contributed by atoms with Crippen LogP contribution in [-0.4, -0.2) is 52.3 Å². The fourth-order valence-electron chi connectivity index (χ4n) is 2.67. The van der Waals surface area contributed by atoms with Crippen LogP contribution in [0.3, 0.4) is 0 Å². The fraction of sp³-hybridized carbons (Fsp3) is 0.750. The first kappa shape index (κ1) is 12.6. The van der Waals surface area contributed by atoms with Gasteiger partial charge in [0.1, 0.15) is 0 Å². The van der Waals surface area contributed by atoms with Crippen LogP contribution >= 0.6 is 0 Å². The number of aromatic nitrogens is 2. The Kier molecular flexibility index (Phi) is 3.48. The normalized spacial score (nSPS) is 27.1. The number of nitrogens with one attached hydrogen (secondary N) is 1. The van der Waals surface area contributed by atoms with Gasteiger partial charge in [-0.25, -0.2) is 0 Å². The van der Waals surface area contributed by atoms with Crippen LogP contribution in [0.2, 0.25) is 0 Å². The van der Waals surface area contributed by atoms with E-state index in [0.717, 1.165) is 25.8 Å². The summed E-state index contributed by atoms with van der Waals surface area (Å²) in [6, 6.07) is 0.0813. The first-order valence-electron chi connectivity index (χ1n) is 6.75. The second kappa shape index (κ2) is 5.26. The summed E-state index contributed by atoms with van der Waals surface area (Å²) in [5.74, 6) is 0.594. The zero-order chi connectivity index (χ0) is 13.2. The number of amides is 1. The van der Waals surface area contributed by atoms with E-state index in [4.69, 9.17) is 9.63 Å². The lowest BCUT2D eigenvalue weighted by molar-refractivity contribution is 0.0766. The molecule has 0 aromatic carbocycles. The van der Waals surface area contributed by atoms with Crippen molar-refractivity contribution in [2.45, 2.75) is 25.3 Å². The van der Waals surface area contributed by atoms with E-state index in [9.17, 15) is 4.79 Å². The molecule has 0 spiro atoms. The predicted octanol–water partition coefficient (Wildman–Crippen LogP) is -0.0515. The van der Waals surface area contributed by atoms with Gasteiger partial charge in [0.2, 0.25) is 5.89 Å². The van der Waals surface area contributed by atoms with E-state index in [1.807, 2.05) is 0 Å². The maximum absolute atomic E-state index is 12.2. The largest absolute Gasteiger partial charge is 0.396 e. The highest BCUT2D eigenvalue weighted by Gasteiger charge is 2.30. The van der Waals surface area contributed by atoms with Crippen LogP contribution in [0.15, 0.2) is 4.52 Å². The molecule has 19 heavy (non-hydrogen) atoms. The Labute approximate surface area is 111 Å². The number of nitrogens with zero attached hydrogens (tertiary/aromatic N) is 3. The minimum atomic E-state index is -0.205. The van der Waals surface area contributed by atoms with Crippen molar-refractivity contribution in [1.82, 2.24) is 20.4 Å². The third-order valence-corrected chi connectivity index (χ3v) is 3.82. The molecule has 0 aliphatic carbocycles. The molecule has 2 atom stereocenters. The summed E-state index contributed by atoms with van der Waals surface area (Å²) in [5.41, 5.74) is 0. The summed E-state index contributed by atoms with van der Waals surface area (Å²) in [6.07, 6.45) is 2.88. The van der Waals surface area contributed by atoms with Gasteiger partial charge in [-0.3, -0.25) is 4.79 Å². The van der Waals surface area contributed by atoms with Gasteiger partial charge in [-0.05, 0) is 25.8 Å². The summed E-state index contributed by atoms with van der Waals surface area (Å²) >= 11 is 0. The Morgan fingerprint density at radius 3 is 3.11 bits per heavy atom. The van der Waals surface area contributed by atoms with Gasteiger partial charge in [0, 0.05) is 25.6 Å². The van der Waals surface area contributed by atoms with Crippen LogP contribution in [0.4, 0.5) is 0 Å². The lowest BCUT2D eigenvalue weighted by atomic mass is 10.1. The molecule has 2 N–H and O–H groups in total. The summed E-state index contributed by atoms with van der Waals surface area (Å²) in [6.45, 7) is 2.28. The molecule has 0 bridgehead atoms. The quantitative estimate of drug-likeness (QED) is 0.797. The number of rotatable bonds is 3. The summed E-state index contributed by atoms with van der Waals surface area (Å²) < 4.78 is 5.16. The molecule has 2 saturated heterocycles. The highest BCUT2D eigenvalue weighted by molar-refractivity contribution is 5.90. The van der Waals surface area contributed by atoms with Gasteiger partial charge in [0.05, 0.1) is 6.04 Å². The minimum Gasteiger partial charge on any atom is -0.396 e. The average molecular weight is 266 g/mol. The molecular weight excluding hydrogens is 248 g/mol. The van der Waals surface area contributed by atoms with E-state index in [-0.39, 0.29) is 30.3 Å². The van der Waals surface area contributed by atoms with Crippen molar-refractivity contribution in [3.8, 4) is 0 Å². The molecule has 0 saturated carbocycles. The van der Waals surface area contributed by atoms with Gasteiger partial charge >= 0.3 is 0 Å². The smallest absolute Gasteiger partial charge is 0.295 e. The Bertz CT molecular complexity index is 456. The van der Waals surface area contributed by atoms with E-state index in [1.54, 1.807) is 4.90 Å². The van der Waals surface area contributed by atoms with Gasteiger partial charge in [0.15, 0.2) is 0 Å². The molecule has 3 rings (SSSR count). The summed E-state index contributed by atoms with van der Waals surface area (Å²) in [7, 11) is 0. The molecular formula is C12H18N4O3. The maximum Gasteiger partial charge on any atom is 0.295 e. The van der Waals surface area contributed by atoms with E-state index < -0.39 is 0 Å². The number of aliphatic hydroxyl groups excluding tert-OH is 1. The van der Waals surface area contributed by atoms with Crippen molar-refractivity contribution < 1.29 is 14.4 Å². The SMILES string of the molecule is O=C(c1noc(C2CCCN2)n1)N1CCC(CO)C1. The topological polar surface area (TPSA) is 91.5 Å². The number of hydrogen-bond donors (Lipinski definition) is 2. The number of hydrogen-bond acceptors (Lipinski definition) is 6.